The second-order valence-electron chi connectivity index (χ2n) is 4.91. The molecule has 3 aromatic heterocycles. The summed E-state index contributed by atoms with van der Waals surface area (Å²) in [5.74, 6) is 0. The summed E-state index contributed by atoms with van der Waals surface area (Å²) in [6, 6.07) is 1.19. The number of anilines is 1. The van der Waals surface area contributed by atoms with Crippen LogP contribution < -0.4 is 11.1 Å². The summed E-state index contributed by atoms with van der Waals surface area (Å²) in [6.07, 6.45) is 2.13. The van der Waals surface area contributed by atoms with E-state index < -0.39 is 12.7 Å². The van der Waals surface area contributed by atoms with Crippen LogP contribution in [-0.2, 0) is 13.0 Å². The van der Waals surface area contributed by atoms with Crippen LogP contribution in [-0.4, -0.2) is 22.7 Å². The van der Waals surface area contributed by atoms with Gasteiger partial charge in [-0.3, -0.25) is 0 Å². The molecule has 0 spiro atoms. The lowest BCUT2D eigenvalue weighted by Gasteiger charge is -2.06. The van der Waals surface area contributed by atoms with Gasteiger partial charge < -0.3 is 11.1 Å². The molecule has 4 nitrogen and oxygen atoms in total. The monoisotopic (exact) mass is 390 g/mol. The highest BCUT2D eigenvalue weighted by atomic mass is 35.5. The number of nitrogens with zero attached hydrogens (tertiary/aromatic N) is 2. The minimum Gasteiger partial charge on any atom is -0.377 e. The highest BCUT2D eigenvalue weighted by Crippen LogP contribution is 2.40. The van der Waals surface area contributed by atoms with Crippen molar-refractivity contribution in [1.82, 2.24) is 9.97 Å². The zero-order valence-electron chi connectivity index (χ0n) is 11.9. The maximum atomic E-state index is 12.7. The van der Waals surface area contributed by atoms with Crippen LogP contribution in [0.25, 0.3) is 10.2 Å². The van der Waals surface area contributed by atoms with E-state index in [1.807, 2.05) is 5.38 Å². The second-order valence-corrected chi connectivity index (χ2v) is 7.76. The molecule has 0 fully saturated rings. The topological polar surface area (TPSA) is 63.8 Å². The Balaban J connectivity index is 1.95. The van der Waals surface area contributed by atoms with Crippen LogP contribution in [0.1, 0.15) is 9.88 Å². The lowest BCUT2D eigenvalue weighted by Crippen LogP contribution is -2.24. The highest BCUT2D eigenvalue weighted by Gasteiger charge is 2.18. The van der Waals surface area contributed by atoms with Gasteiger partial charge in [-0.1, -0.05) is 23.2 Å². The van der Waals surface area contributed by atoms with Gasteiger partial charge in [0.1, 0.15) is 22.4 Å². The summed E-state index contributed by atoms with van der Waals surface area (Å²) >= 11 is 15.5. The molecule has 0 aliphatic carbocycles. The van der Waals surface area contributed by atoms with E-state index in [1.54, 1.807) is 23.6 Å². The van der Waals surface area contributed by atoms with Gasteiger partial charge in [-0.2, -0.15) is 0 Å². The quantitative estimate of drug-likeness (QED) is 0.607. The van der Waals surface area contributed by atoms with Crippen molar-refractivity contribution < 1.29 is 4.39 Å². The summed E-state index contributed by atoms with van der Waals surface area (Å²) in [5, 5.41) is 7.04. The average molecular weight is 391 g/mol. The molecule has 0 aliphatic rings. The summed E-state index contributed by atoms with van der Waals surface area (Å²) in [4.78, 5) is 9.34. The Labute approximate surface area is 150 Å². The zero-order valence-corrected chi connectivity index (χ0v) is 15.0. The standard InChI is InChI=1S/C14H13Cl2FN4S2/c15-10-4-8(20-6-11-19-1-2-22-11)14-13(21-10)12(16)9(23-14)3-7(18)5-17/h1-2,4,7H,3,5-6,18H2,(H,20,21)/t7-/m0/s1. The summed E-state index contributed by atoms with van der Waals surface area (Å²) < 4.78 is 13.5. The number of thiazole rings is 1. The maximum absolute atomic E-state index is 12.7. The van der Waals surface area contributed by atoms with E-state index in [0.717, 1.165) is 20.3 Å². The maximum Gasteiger partial charge on any atom is 0.131 e. The van der Waals surface area contributed by atoms with Crippen molar-refractivity contribution in [2.45, 2.75) is 19.0 Å². The van der Waals surface area contributed by atoms with Gasteiger partial charge in [-0.15, -0.1) is 22.7 Å². The summed E-state index contributed by atoms with van der Waals surface area (Å²) in [7, 11) is 0. The Bertz CT molecular complexity index is 807. The van der Waals surface area contributed by atoms with Crippen LogP contribution in [0.4, 0.5) is 10.1 Å². The Hall–Kier alpha value is -0.990. The number of nitrogens with one attached hydrogen (secondary N) is 1. The number of aromatic nitrogens is 2. The van der Waals surface area contributed by atoms with Gasteiger partial charge in [0.05, 0.1) is 22.0 Å². The van der Waals surface area contributed by atoms with E-state index in [0.29, 0.717) is 28.7 Å². The fraction of sp³-hybridized carbons (Fsp3) is 0.286. The summed E-state index contributed by atoms with van der Waals surface area (Å²) in [6.45, 7) is -0.00410. The number of hydrogen-bond donors (Lipinski definition) is 2. The van der Waals surface area contributed by atoms with Crippen molar-refractivity contribution in [2.75, 3.05) is 12.0 Å². The molecule has 0 radical (unpaired) electrons. The van der Waals surface area contributed by atoms with E-state index in [-0.39, 0.29) is 0 Å². The molecule has 0 unspecified atom stereocenters. The third-order valence-corrected chi connectivity index (χ3v) is 5.91. The molecule has 23 heavy (non-hydrogen) atoms. The number of halogens is 3. The number of alkyl halides is 1. The lowest BCUT2D eigenvalue weighted by molar-refractivity contribution is 0.428. The van der Waals surface area contributed by atoms with Crippen LogP contribution in [0.15, 0.2) is 17.6 Å². The van der Waals surface area contributed by atoms with Crippen LogP contribution in [0.3, 0.4) is 0 Å². The molecule has 3 heterocycles. The smallest absolute Gasteiger partial charge is 0.131 e. The van der Waals surface area contributed by atoms with Crippen LogP contribution in [0.5, 0.6) is 0 Å². The average Bonchev–Trinajstić information content (AvgIpc) is 3.15. The molecule has 0 saturated heterocycles. The van der Waals surface area contributed by atoms with Gasteiger partial charge in [-0.25, -0.2) is 14.4 Å². The van der Waals surface area contributed by atoms with Crippen molar-refractivity contribution in [3.05, 3.63) is 37.7 Å². The Morgan fingerprint density at radius 1 is 1.39 bits per heavy atom. The third kappa shape index (κ3) is 3.75. The minimum absolute atomic E-state index is 0.347. The third-order valence-electron chi connectivity index (χ3n) is 3.18. The molecule has 0 saturated carbocycles. The first-order valence-electron chi connectivity index (χ1n) is 6.79. The number of thiophene rings is 1. The molecular formula is C14H13Cl2FN4S2. The van der Waals surface area contributed by atoms with Crippen LogP contribution in [0.2, 0.25) is 10.2 Å². The van der Waals surface area contributed by atoms with E-state index in [4.69, 9.17) is 28.9 Å². The van der Waals surface area contributed by atoms with Gasteiger partial charge in [0.2, 0.25) is 0 Å². The lowest BCUT2D eigenvalue weighted by atomic mass is 10.2. The van der Waals surface area contributed by atoms with Crippen molar-refractivity contribution in [1.29, 1.82) is 0 Å². The fourth-order valence-electron chi connectivity index (χ4n) is 2.12. The molecule has 122 valence electrons. The van der Waals surface area contributed by atoms with Gasteiger partial charge in [0.15, 0.2) is 0 Å². The Kier molecular flexibility index (Phi) is 5.33. The van der Waals surface area contributed by atoms with Crippen LogP contribution >= 0.6 is 45.9 Å². The molecule has 0 amide bonds. The van der Waals surface area contributed by atoms with E-state index in [2.05, 4.69) is 15.3 Å². The predicted octanol–water partition coefficient (Wildman–Crippen LogP) is 4.51. The minimum atomic E-state index is -0.589. The molecule has 1 atom stereocenters. The Morgan fingerprint density at radius 3 is 2.91 bits per heavy atom. The van der Waals surface area contributed by atoms with Crippen molar-refractivity contribution in [2.24, 2.45) is 5.73 Å². The van der Waals surface area contributed by atoms with E-state index in [9.17, 15) is 4.39 Å². The normalized spacial score (nSPS) is 12.7. The van der Waals surface area contributed by atoms with Crippen LogP contribution in [0, 0.1) is 0 Å². The first kappa shape index (κ1) is 16.9. The number of hydrogen-bond acceptors (Lipinski definition) is 6. The summed E-state index contributed by atoms with van der Waals surface area (Å²) in [5.41, 5.74) is 7.14. The largest absolute Gasteiger partial charge is 0.377 e. The first-order valence-corrected chi connectivity index (χ1v) is 9.25. The first-order chi connectivity index (χ1) is 11.1. The molecule has 3 N–H and O–H groups in total. The molecule has 9 heteroatoms. The molecular weight excluding hydrogens is 378 g/mol. The van der Waals surface area contributed by atoms with Gasteiger partial charge in [0.25, 0.3) is 0 Å². The number of rotatable bonds is 6. The van der Waals surface area contributed by atoms with Crippen molar-refractivity contribution in [3.63, 3.8) is 0 Å². The number of nitrogens with two attached hydrogens (primary N) is 1. The van der Waals surface area contributed by atoms with E-state index >= 15 is 0 Å². The van der Waals surface area contributed by atoms with Gasteiger partial charge >= 0.3 is 0 Å². The highest BCUT2D eigenvalue weighted by molar-refractivity contribution is 7.20. The van der Waals surface area contributed by atoms with E-state index in [1.165, 1.54) is 11.3 Å². The SMILES string of the molecule is N[C@H](CF)Cc1sc2c(NCc3nccs3)cc(Cl)nc2c1Cl. The molecule has 3 rings (SSSR count). The van der Waals surface area contributed by atoms with Crippen molar-refractivity contribution >= 4 is 61.8 Å². The number of pyridine rings is 1. The zero-order chi connectivity index (χ0) is 16.4. The van der Waals surface area contributed by atoms with Crippen molar-refractivity contribution in [3.8, 4) is 0 Å². The van der Waals surface area contributed by atoms with Gasteiger partial charge in [-0.05, 0) is 0 Å². The molecule has 0 aromatic carbocycles. The molecule has 0 aliphatic heterocycles. The fourth-order valence-corrected chi connectivity index (χ4v) is 4.47. The number of fused-ring (bicyclic) bond motifs is 1. The molecule has 0 bridgehead atoms. The molecule has 3 aromatic rings. The second kappa shape index (κ2) is 7.27. The van der Waals surface area contributed by atoms with Gasteiger partial charge in [0, 0.05) is 35.0 Å². The Morgan fingerprint density at radius 2 is 2.22 bits per heavy atom. The predicted molar refractivity (Wildman–Crippen MR) is 96.7 cm³/mol.